The summed E-state index contributed by atoms with van der Waals surface area (Å²) in [7, 11) is 0. The van der Waals surface area contributed by atoms with Crippen LogP contribution in [0.25, 0.3) is 0 Å². The molecule has 2 heterocycles. The lowest BCUT2D eigenvalue weighted by molar-refractivity contribution is -0.210. The van der Waals surface area contributed by atoms with Crippen molar-refractivity contribution in [3.05, 3.63) is 34.9 Å². The number of aryl methyl sites for hydroxylation is 1. The van der Waals surface area contributed by atoms with Gasteiger partial charge < -0.3 is 9.64 Å². The first kappa shape index (κ1) is 17.7. The first-order chi connectivity index (χ1) is 11.8. The van der Waals surface area contributed by atoms with Gasteiger partial charge in [-0.25, -0.2) is 4.79 Å². The largest absolute Gasteiger partial charge is 0.490 e. The predicted octanol–water partition coefficient (Wildman–Crippen LogP) is 2.04. The molecular weight excluding hydrogens is 337 g/mol. The fourth-order valence-corrected chi connectivity index (χ4v) is 3.41. The molecule has 0 bridgehead atoms. The van der Waals surface area contributed by atoms with Crippen LogP contribution in [0.1, 0.15) is 34.8 Å². The van der Waals surface area contributed by atoms with Crippen molar-refractivity contribution in [2.24, 2.45) is 0 Å². The van der Waals surface area contributed by atoms with Crippen LogP contribution in [0.15, 0.2) is 18.2 Å². The number of nitrogens with zero attached hydrogens (tertiary/aromatic N) is 1. The van der Waals surface area contributed by atoms with Crippen LogP contribution in [-0.4, -0.2) is 48.3 Å². The molecule has 136 valence electrons. The third kappa shape index (κ3) is 3.49. The molecule has 2 atom stereocenters. The van der Waals surface area contributed by atoms with E-state index in [0.29, 0.717) is 18.5 Å². The molecule has 0 aromatic heterocycles. The van der Waals surface area contributed by atoms with E-state index in [1.807, 2.05) is 19.1 Å². The van der Waals surface area contributed by atoms with Crippen molar-refractivity contribution in [3.63, 3.8) is 0 Å². The minimum Gasteiger partial charge on any atom is -0.438 e. The van der Waals surface area contributed by atoms with Gasteiger partial charge in [0.05, 0.1) is 6.04 Å². The molecule has 1 N–H and O–H groups in total. The molecule has 1 aromatic rings. The molecule has 1 amide bonds. The van der Waals surface area contributed by atoms with E-state index in [1.54, 1.807) is 6.07 Å². The molecule has 1 aromatic carbocycles. The van der Waals surface area contributed by atoms with Crippen LogP contribution in [0, 0.1) is 0 Å². The zero-order valence-electron chi connectivity index (χ0n) is 13.7. The maximum atomic E-state index is 12.7. The van der Waals surface area contributed by atoms with Gasteiger partial charge in [-0.15, -0.1) is 0 Å². The van der Waals surface area contributed by atoms with Gasteiger partial charge >= 0.3 is 12.1 Å². The Hall–Kier alpha value is -2.09. The standard InChI is InChI=1S/C17H19F3N2O3/c1-2-3-10-4-5-12-11(8-10)9-13-14(25-16(24)17(18,19)20)21-6-7-22(13)15(12)23/h4-5,8,13-14,21H,2-3,6-7,9H2,1H3. The van der Waals surface area contributed by atoms with Crippen molar-refractivity contribution in [1.29, 1.82) is 0 Å². The smallest absolute Gasteiger partial charge is 0.438 e. The summed E-state index contributed by atoms with van der Waals surface area (Å²) < 4.78 is 42.1. The van der Waals surface area contributed by atoms with Crippen LogP contribution in [0.2, 0.25) is 0 Å². The average Bonchev–Trinajstić information content (AvgIpc) is 2.55. The molecule has 0 aliphatic carbocycles. The van der Waals surface area contributed by atoms with Gasteiger partial charge in [-0.2, -0.15) is 13.2 Å². The number of amides is 1. The predicted molar refractivity (Wildman–Crippen MR) is 82.9 cm³/mol. The number of fused-ring (bicyclic) bond motifs is 2. The van der Waals surface area contributed by atoms with E-state index in [4.69, 9.17) is 0 Å². The fourth-order valence-electron chi connectivity index (χ4n) is 3.41. The third-order valence-electron chi connectivity index (χ3n) is 4.54. The van der Waals surface area contributed by atoms with Gasteiger partial charge in [-0.05, 0) is 30.0 Å². The molecule has 3 rings (SSSR count). The molecular formula is C17H19F3N2O3. The first-order valence-electron chi connectivity index (χ1n) is 8.25. The van der Waals surface area contributed by atoms with Crippen LogP contribution in [0.3, 0.4) is 0 Å². The average molecular weight is 356 g/mol. The van der Waals surface area contributed by atoms with Gasteiger partial charge in [0.15, 0.2) is 6.23 Å². The Labute approximate surface area is 143 Å². The normalized spacial score (nSPS) is 23.0. The number of hydrogen-bond donors (Lipinski definition) is 1. The summed E-state index contributed by atoms with van der Waals surface area (Å²) in [6, 6.07) is 4.96. The molecule has 2 aliphatic rings. The quantitative estimate of drug-likeness (QED) is 0.842. The number of esters is 1. The lowest BCUT2D eigenvalue weighted by atomic mass is 9.89. The van der Waals surface area contributed by atoms with Gasteiger partial charge in [-0.1, -0.05) is 25.5 Å². The van der Waals surface area contributed by atoms with Crippen molar-refractivity contribution >= 4 is 11.9 Å². The highest BCUT2D eigenvalue weighted by molar-refractivity contribution is 5.97. The number of ether oxygens (including phenoxy) is 1. The second-order valence-electron chi connectivity index (χ2n) is 6.29. The summed E-state index contributed by atoms with van der Waals surface area (Å²) in [5.74, 6) is -2.48. The number of carbonyl (C=O) groups excluding carboxylic acids is 2. The van der Waals surface area contributed by atoms with Crippen LogP contribution >= 0.6 is 0 Å². The number of benzene rings is 1. The van der Waals surface area contributed by atoms with Gasteiger partial charge in [0.2, 0.25) is 0 Å². The molecule has 8 heteroatoms. The topological polar surface area (TPSA) is 58.6 Å². The number of piperazine rings is 1. The van der Waals surface area contributed by atoms with E-state index in [-0.39, 0.29) is 12.5 Å². The van der Waals surface area contributed by atoms with Crippen molar-refractivity contribution in [3.8, 4) is 0 Å². The Bertz CT molecular complexity index is 690. The minimum absolute atomic E-state index is 0.233. The lowest BCUT2D eigenvalue weighted by Crippen LogP contribution is -2.63. The Kier molecular flexibility index (Phi) is 4.73. The molecule has 0 radical (unpaired) electrons. The van der Waals surface area contributed by atoms with Crippen molar-refractivity contribution in [1.82, 2.24) is 10.2 Å². The number of rotatable bonds is 3. The van der Waals surface area contributed by atoms with Crippen LogP contribution in [0.4, 0.5) is 13.2 Å². The summed E-state index contributed by atoms with van der Waals surface area (Å²) in [6.07, 6.45) is -4.07. The number of nitrogens with one attached hydrogen (secondary N) is 1. The Balaban J connectivity index is 1.86. The van der Waals surface area contributed by atoms with Crippen LogP contribution in [0.5, 0.6) is 0 Å². The number of halogens is 3. The van der Waals surface area contributed by atoms with Gasteiger partial charge in [0.25, 0.3) is 5.91 Å². The molecule has 5 nitrogen and oxygen atoms in total. The van der Waals surface area contributed by atoms with E-state index in [1.165, 1.54) is 4.90 Å². The maximum absolute atomic E-state index is 12.7. The van der Waals surface area contributed by atoms with Crippen molar-refractivity contribution in [2.45, 2.75) is 44.6 Å². The molecule has 25 heavy (non-hydrogen) atoms. The molecule has 2 unspecified atom stereocenters. The van der Waals surface area contributed by atoms with E-state index in [2.05, 4.69) is 10.1 Å². The third-order valence-corrected chi connectivity index (χ3v) is 4.54. The highest BCUT2D eigenvalue weighted by Gasteiger charge is 2.46. The van der Waals surface area contributed by atoms with E-state index >= 15 is 0 Å². The van der Waals surface area contributed by atoms with E-state index in [0.717, 1.165) is 24.0 Å². The second kappa shape index (κ2) is 6.67. The van der Waals surface area contributed by atoms with Crippen molar-refractivity contribution < 1.29 is 27.5 Å². The van der Waals surface area contributed by atoms with Gasteiger partial charge in [-0.3, -0.25) is 10.1 Å². The summed E-state index contributed by atoms with van der Waals surface area (Å²) in [5.41, 5.74) is 2.43. The minimum atomic E-state index is -5.06. The summed E-state index contributed by atoms with van der Waals surface area (Å²) >= 11 is 0. The molecule has 1 fully saturated rings. The van der Waals surface area contributed by atoms with E-state index in [9.17, 15) is 22.8 Å². The molecule has 2 aliphatic heterocycles. The number of hydrogen-bond acceptors (Lipinski definition) is 4. The highest BCUT2D eigenvalue weighted by atomic mass is 19.4. The zero-order valence-corrected chi connectivity index (χ0v) is 13.7. The Morgan fingerprint density at radius 3 is 2.84 bits per heavy atom. The fraction of sp³-hybridized carbons (Fsp3) is 0.529. The maximum Gasteiger partial charge on any atom is 0.490 e. The van der Waals surface area contributed by atoms with Crippen LogP contribution < -0.4 is 5.32 Å². The summed E-state index contributed by atoms with van der Waals surface area (Å²) in [5, 5.41) is 2.78. The number of alkyl halides is 3. The summed E-state index contributed by atoms with van der Waals surface area (Å²) in [6.45, 7) is 2.67. The van der Waals surface area contributed by atoms with Gasteiger partial charge in [0.1, 0.15) is 0 Å². The molecule has 0 saturated carbocycles. The van der Waals surface area contributed by atoms with Crippen molar-refractivity contribution in [2.75, 3.05) is 13.1 Å². The van der Waals surface area contributed by atoms with E-state index < -0.39 is 24.4 Å². The zero-order chi connectivity index (χ0) is 18.2. The number of carbonyl (C=O) groups is 2. The molecule has 1 saturated heterocycles. The lowest BCUT2D eigenvalue weighted by Gasteiger charge is -2.44. The molecule has 0 spiro atoms. The Morgan fingerprint density at radius 2 is 2.16 bits per heavy atom. The summed E-state index contributed by atoms with van der Waals surface area (Å²) in [4.78, 5) is 25.4. The van der Waals surface area contributed by atoms with Gasteiger partial charge in [0, 0.05) is 18.7 Å². The first-order valence-corrected chi connectivity index (χ1v) is 8.25. The monoisotopic (exact) mass is 356 g/mol. The Morgan fingerprint density at radius 1 is 1.40 bits per heavy atom. The highest BCUT2D eigenvalue weighted by Crippen LogP contribution is 2.29. The SMILES string of the molecule is CCCc1ccc2c(c1)CC1C(OC(=O)C(F)(F)F)NCCN1C2=O. The second-order valence-corrected chi connectivity index (χ2v) is 6.29. The van der Waals surface area contributed by atoms with Crippen LogP contribution in [-0.2, 0) is 22.4 Å².